The minimum atomic E-state index is -4.67. The van der Waals surface area contributed by atoms with Crippen LogP contribution in [0.2, 0.25) is 0 Å². The van der Waals surface area contributed by atoms with Gasteiger partial charge >= 0.3 is 6.18 Å². The summed E-state index contributed by atoms with van der Waals surface area (Å²) in [5.74, 6) is -1.73. The number of nitrogens with zero attached hydrogens (tertiary/aromatic N) is 2. The van der Waals surface area contributed by atoms with Gasteiger partial charge in [-0.2, -0.15) is 18.4 Å². The fraction of sp³-hybridized carbons (Fsp3) is 0.667. The molecule has 2 heterocycles. The largest absolute Gasteiger partial charge is 0.443 e. The molecule has 0 radical (unpaired) electrons. The number of hydrogen-bond acceptors (Lipinski definition) is 6. The van der Waals surface area contributed by atoms with Gasteiger partial charge in [-0.25, -0.2) is 4.98 Å². The highest BCUT2D eigenvalue weighted by atomic mass is 32.1. The molecule has 1 fully saturated rings. The first-order valence-corrected chi connectivity index (χ1v) is 11.4. The van der Waals surface area contributed by atoms with Crippen molar-refractivity contribution in [2.24, 2.45) is 11.3 Å². The smallest absolute Gasteiger partial charge is 0.356 e. The molecule has 1 aliphatic rings. The van der Waals surface area contributed by atoms with Crippen LogP contribution in [0.3, 0.4) is 0 Å². The third kappa shape index (κ3) is 7.70. The minimum Gasteiger partial charge on any atom is -0.356 e. The number of amides is 3. The van der Waals surface area contributed by atoms with E-state index in [-0.39, 0.29) is 46.6 Å². The molecule has 3 N–H and O–H groups in total. The summed E-state index contributed by atoms with van der Waals surface area (Å²) >= 11 is 0.217. The van der Waals surface area contributed by atoms with Gasteiger partial charge in [-0.1, -0.05) is 20.8 Å². The molecule has 0 unspecified atom stereocenters. The van der Waals surface area contributed by atoms with Gasteiger partial charge in [0.15, 0.2) is 5.01 Å². The first kappa shape index (κ1) is 26.6. The molecular weight excluding hydrogens is 459 g/mol. The standard InChI is InChI=1S/C21H28F3N5O3S/c1-11-15(33-19(27-11)21(22,23)24)18(32)29-14(9-20(2,3)4)17(31)28-13(10-25)6-5-12-7-8-26-16(12)30/h12-14H,5-9H2,1-4H3,(H,26,30)(H,28,31)(H,29,32)/t12-,13+,14+/m1/s1. The van der Waals surface area contributed by atoms with Gasteiger partial charge in [-0.15, -0.1) is 11.3 Å². The van der Waals surface area contributed by atoms with E-state index in [4.69, 9.17) is 0 Å². The molecule has 0 aliphatic carbocycles. The Morgan fingerprint density at radius 1 is 1.30 bits per heavy atom. The quantitative estimate of drug-likeness (QED) is 0.520. The highest BCUT2D eigenvalue weighted by Crippen LogP contribution is 2.34. The number of rotatable bonds is 8. The Kier molecular flexibility index (Phi) is 8.46. The average Bonchev–Trinajstić information content (AvgIpc) is 3.28. The zero-order valence-corrected chi connectivity index (χ0v) is 19.7. The van der Waals surface area contributed by atoms with E-state index in [1.54, 1.807) is 0 Å². The van der Waals surface area contributed by atoms with E-state index in [0.29, 0.717) is 19.4 Å². The van der Waals surface area contributed by atoms with Crippen LogP contribution in [0.5, 0.6) is 0 Å². The number of carbonyl (C=O) groups excluding carboxylic acids is 3. The zero-order valence-electron chi connectivity index (χ0n) is 18.9. The Hall–Kier alpha value is -2.68. The third-order valence-corrected chi connectivity index (χ3v) is 6.32. The second-order valence-corrected chi connectivity index (χ2v) is 10.3. The van der Waals surface area contributed by atoms with Crippen molar-refractivity contribution in [3.63, 3.8) is 0 Å². The topological polar surface area (TPSA) is 124 Å². The molecule has 8 nitrogen and oxygen atoms in total. The van der Waals surface area contributed by atoms with E-state index in [1.807, 2.05) is 26.8 Å². The maximum atomic E-state index is 12.9. The summed E-state index contributed by atoms with van der Waals surface area (Å²) in [4.78, 5) is 40.5. The van der Waals surface area contributed by atoms with Crippen molar-refractivity contribution in [2.75, 3.05) is 6.54 Å². The van der Waals surface area contributed by atoms with Gasteiger partial charge in [0.1, 0.15) is 17.0 Å². The number of carbonyl (C=O) groups is 3. The van der Waals surface area contributed by atoms with Crippen LogP contribution in [0.1, 0.15) is 66.8 Å². The molecular formula is C21H28F3N5O3S. The number of nitriles is 1. The molecule has 3 amide bonds. The van der Waals surface area contributed by atoms with Crippen molar-refractivity contribution in [3.05, 3.63) is 15.6 Å². The Morgan fingerprint density at radius 2 is 1.97 bits per heavy atom. The molecule has 0 spiro atoms. The van der Waals surface area contributed by atoms with Crippen LogP contribution in [0.4, 0.5) is 13.2 Å². The van der Waals surface area contributed by atoms with Crippen molar-refractivity contribution in [1.29, 1.82) is 5.26 Å². The maximum absolute atomic E-state index is 12.9. The Bertz CT molecular complexity index is 933. The number of alkyl halides is 3. The van der Waals surface area contributed by atoms with Gasteiger partial charge < -0.3 is 16.0 Å². The van der Waals surface area contributed by atoms with Crippen molar-refractivity contribution in [1.82, 2.24) is 20.9 Å². The monoisotopic (exact) mass is 487 g/mol. The first-order chi connectivity index (χ1) is 15.2. The molecule has 0 saturated carbocycles. The predicted octanol–water partition coefficient (Wildman–Crippen LogP) is 2.93. The van der Waals surface area contributed by atoms with Crippen LogP contribution in [-0.2, 0) is 15.8 Å². The van der Waals surface area contributed by atoms with Crippen LogP contribution < -0.4 is 16.0 Å². The second kappa shape index (κ2) is 10.5. The summed E-state index contributed by atoms with van der Waals surface area (Å²) in [6, 6.07) is 0.0555. The van der Waals surface area contributed by atoms with Crippen LogP contribution in [0.15, 0.2) is 0 Å². The molecule has 1 aromatic rings. The number of aromatic nitrogens is 1. The lowest BCUT2D eigenvalue weighted by atomic mass is 9.87. The highest BCUT2D eigenvalue weighted by molar-refractivity contribution is 7.13. The second-order valence-electron chi connectivity index (χ2n) is 9.27. The number of nitrogens with one attached hydrogen (secondary N) is 3. The van der Waals surface area contributed by atoms with Gasteiger partial charge in [0.2, 0.25) is 11.8 Å². The summed E-state index contributed by atoms with van der Waals surface area (Å²) in [6.45, 7) is 7.42. The normalized spacial score (nSPS) is 18.2. The number of thiazole rings is 1. The lowest BCUT2D eigenvalue weighted by Crippen LogP contribution is -2.50. The molecule has 0 bridgehead atoms. The van der Waals surface area contributed by atoms with Gasteiger partial charge in [-0.3, -0.25) is 14.4 Å². The van der Waals surface area contributed by atoms with Crippen LogP contribution >= 0.6 is 11.3 Å². The third-order valence-electron chi connectivity index (χ3n) is 5.12. The molecule has 33 heavy (non-hydrogen) atoms. The van der Waals surface area contributed by atoms with Gasteiger partial charge in [0.05, 0.1) is 11.8 Å². The summed E-state index contributed by atoms with van der Waals surface area (Å²) < 4.78 is 38.8. The Morgan fingerprint density at radius 3 is 2.45 bits per heavy atom. The fourth-order valence-electron chi connectivity index (χ4n) is 3.50. The van der Waals surface area contributed by atoms with Crippen LogP contribution in [0.25, 0.3) is 0 Å². The molecule has 1 aromatic heterocycles. The van der Waals surface area contributed by atoms with Crippen molar-refractivity contribution in [3.8, 4) is 6.07 Å². The minimum absolute atomic E-state index is 0.0750. The van der Waals surface area contributed by atoms with Crippen LogP contribution in [-0.4, -0.2) is 41.3 Å². The summed E-state index contributed by atoms with van der Waals surface area (Å²) in [5.41, 5.74) is -0.483. The van der Waals surface area contributed by atoms with E-state index in [9.17, 15) is 32.8 Å². The Balaban J connectivity index is 2.10. The van der Waals surface area contributed by atoms with E-state index in [0.717, 1.165) is 0 Å². The number of halogens is 3. The van der Waals surface area contributed by atoms with Gasteiger partial charge in [0, 0.05) is 12.5 Å². The van der Waals surface area contributed by atoms with Crippen molar-refractivity contribution in [2.45, 2.75) is 71.6 Å². The molecule has 1 aliphatic heterocycles. The van der Waals surface area contributed by atoms with Crippen LogP contribution in [0, 0.1) is 29.6 Å². The van der Waals surface area contributed by atoms with E-state index in [2.05, 4.69) is 20.9 Å². The zero-order chi connectivity index (χ0) is 25.0. The maximum Gasteiger partial charge on any atom is 0.443 e. The average molecular weight is 488 g/mol. The highest BCUT2D eigenvalue weighted by Gasteiger charge is 2.37. The fourth-order valence-corrected chi connectivity index (χ4v) is 4.34. The molecule has 2 rings (SSSR count). The molecule has 1 saturated heterocycles. The van der Waals surface area contributed by atoms with E-state index < -0.39 is 40.5 Å². The molecule has 3 atom stereocenters. The lowest BCUT2D eigenvalue weighted by Gasteiger charge is -2.27. The van der Waals surface area contributed by atoms with Gasteiger partial charge in [-0.05, 0) is 38.0 Å². The van der Waals surface area contributed by atoms with Gasteiger partial charge in [0.25, 0.3) is 5.91 Å². The summed E-state index contributed by atoms with van der Waals surface area (Å²) in [6.07, 6.45) is -3.12. The molecule has 12 heteroatoms. The van der Waals surface area contributed by atoms with Crippen molar-refractivity contribution >= 4 is 29.1 Å². The van der Waals surface area contributed by atoms with E-state index >= 15 is 0 Å². The number of hydrogen-bond donors (Lipinski definition) is 3. The summed E-state index contributed by atoms with van der Waals surface area (Å²) in [5, 5.41) is 16.1. The number of aryl methyl sites for hydroxylation is 1. The molecule has 182 valence electrons. The van der Waals surface area contributed by atoms with E-state index in [1.165, 1.54) is 6.92 Å². The summed E-state index contributed by atoms with van der Waals surface area (Å²) in [7, 11) is 0. The first-order valence-electron chi connectivity index (χ1n) is 10.5. The predicted molar refractivity (Wildman–Crippen MR) is 115 cm³/mol. The lowest BCUT2D eigenvalue weighted by molar-refractivity contribution is -0.137. The molecule has 0 aromatic carbocycles. The SMILES string of the molecule is Cc1nc(C(F)(F)F)sc1C(=O)N[C@@H](CC(C)(C)C)C(=O)N[C@H](C#N)CC[C@@H]1CCNC1=O. The van der Waals surface area contributed by atoms with Crippen molar-refractivity contribution < 1.29 is 27.6 Å². The Labute approximate surface area is 194 Å².